The summed E-state index contributed by atoms with van der Waals surface area (Å²) in [5.41, 5.74) is 1.64. The molecular formula is C14H21ClN2. The molecular weight excluding hydrogens is 232 g/mol. The normalized spacial score (nSPS) is 18.1. The minimum Gasteiger partial charge on any atom is -0.311 e. The summed E-state index contributed by atoms with van der Waals surface area (Å²) in [6, 6.07) is 8.06. The van der Waals surface area contributed by atoms with Crippen LogP contribution >= 0.6 is 11.6 Å². The zero-order valence-corrected chi connectivity index (χ0v) is 11.4. The summed E-state index contributed by atoms with van der Waals surface area (Å²) in [4.78, 5) is 2.36. The maximum absolute atomic E-state index is 5.97. The molecule has 1 aromatic carbocycles. The number of likely N-dealkylation sites (N-methyl/N-ethyl adjacent to an activating group) is 1. The average Bonchev–Trinajstić information content (AvgIpc) is 2.21. The summed E-state index contributed by atoms with van der Waals surface area (Å²) in [7, 11) is 4.36. The summed E-state index contributed by atoms with van der Waals surface area (Å²) in [5, 5.41) is 4.37. The second-order valence-corrected chi connectivity index (χ2v) is 5.64. The van der Waals surface area contributed by atoms with Crippen molar-refractivity contribution < 1.29 is 0 Å². The van der Waals surface area contributed by atoms with Crippen molar-refractivity contribution in [3.63, 3.8) is 0 Å². The van der Waals surface area contributed by atoms with Crippen LogP contribution in [0.25, 0.3) is 0 Å². The molecule has 3 heteroatoms. The fourth-order valence-corrected chi connectivity index (χ4v) is 2.67. The van der Waals surface area contributed by atoms with Crippen LogP contribution in [0.5, 0.6) is 0 Å². The summed E-state index contributed by atoms with van der Waals surface area (Å²) >= 11 is 5.97. The van der Waals surface area contributed by atoms with E-state index in [9.17, 15) is 0 Å². The Morgan fingerprint density at radius 2 is 2.12 bits per heavy atom. The molecule has 0 unspecified atom stereocenters. The van der Waals surface area contributed by atoms with Gasteiger partial charge in [0.25, 0.3) is 0 Å². The topological polar surface area (TPSA) is 15.3 Å². The van der Waals surface area contributed by atoms with E-state index in [4.69, 9.17) is 11.6 Å². The van der Waals surface area contributed by atoms with Crippen LogP contribution in [0.15, 0.2) is 24.3 Å². The van der Waals surface area contributed by atoms with E-state index in [1.807, 2.05) is 18.2 Å². The lowest BCUT2D eigenvalue weighted by Gasteiger charge is -2.47. The number of nitrogens with zero attached hydrogens (tertiary/aromatic N) is 1. The lowest BCUT2D eigenvalue weighted by Crippen LogP contribution is -2.56. The molecule has 1 aliphatic carbocycles. The molecule has 0 aromatic heterocycles. The maximum Gasteiger partial charge on any atom is 0.0409 e. The first-order valence-electron chi connectivity index (χ1n) is 6.25. The van der Waals surface area contributed by atoms with E-state index in [0.29, 0.717) is 5.54 Å². The first kappa shape index (κ1) is 12.9. The molecule has 0 aliphatic heterocycles. The third kappa shape index (κ3) is 3.01. The highest BCUT2D eigenvalue weighted by Crippen LogP contribution is 2.35. The van der Waals surface area contributed by atoms with Crippen molar-refractivity contribution in [2.75, 3.05) is 20.6 Å². The summed E-state index contributed by atoms with van der Waals surface area (Å²) in [6.45, 7) is 1.96. The predicted octanol–water partition coefficient (Wildman–Crippen LogP) is 2.91. The largest absolute Gasteiger partial charge is 0.311 e. The molecule has 1 saturated carbocycles. The Bertz CT molecular complexity index is 372. The van der Waals surface area contributed by atoms with Gasteiger partial charge in [-0.1, -0.05) is 23.7 Å². The van der Waals surface area contributed by atoms with Gasteiger partial charge in [-0.05, 0) is 51.1 Å². The molecule has 1 aromatic rings. The lowest BCUT2D eigenvalue weighted by atomic mass is 9.75. The monoisotopic (exact) mass is 252 g/mol. The second-order valence-electron chi connectivity index (χ2n) is 5.21. The molecule has 0 saturated heterocycles. The molecule has 1 fully saturated rings. The molecule has 2 nitrogen and oxygen atoms in total. The van der Waals surface area contributed by atoms with Gasteiger partial charge in [0.05, 0.1) is 0 Å². The molecule has 2 rings (SSSR count). The Labute approximate surface area is 109 Å². The minimum absolute atomic E-state index is 0.387. The zero-order chi connectivity index (χ0) is 12.3. The van der Waals surface area contributed by atoms with Crippen LogP contribution in [0, 0.1) is 0 Å². The second kappa shape index (κ2) is 5.38. The predicted molar refractivity (Wildman–Crippen MR) is 73.4 cm³/mol. The van der Waals surface area contributed by atoms with E-state index in [2.05, 4.69) is 30.4 Å². The summed E-state index contributed by atoms with van der Waals surface area (Å²) in [5.74, 6) is 0. The van der Waals surface area contributed by atoms with Crippen LogP contribution in [-0.2, 0) is 6.54 Å². The van der Waals surface area contributed by atoms with Crippen molar-refractivity contribution in [1.29, 1.82) is 0 Å². The van der Waals surface area contributed by atoms with Crippen LogP contribution < -0.4 is 5.32 Å². The molecule has 17 heavy (non-hydrogen) atoms. The fourth-order valence-electron chi connectivity index (χ4n) is 2.45. The van der Waals surface area contributed by atoms with Crippen LogP contribution in [0.4, 0.5) is 0 Å². The van der Waals surface area contributed by atoms with E-state index in [1.165, 1.54) is 24.8 Å². The smallest absolute Gasteiger partial charge is 0.0409 e. The van der Waals surface area contributed by atoms with Gasteiger partial charge in [0.15, 0.2) is 0 Å². The van der Waals surface area contributed by atoms with Crippen LogP contribution in [0.3, 0.4) is 0 Å². The number of halogens is 1. The lowest BCUT2D eigenvalue weighted by molar-refractivity contribution is 0.0598. The number of hydrogen-bond acceptors (Lipinski definition) is 2. The Balaban J connectivity index is 1.83. The fraction of sp³-hybridized carbons (Fsp3) is 0.571. The molecule has 0 bridgehead atoms. The van der Waals surface area contributed by atoms with Gasteiger partial charge in [-0.15, -0.1) is 0 Å². The number of nitrogens with one attached hydrogen (secondary N) is 1. The highest BCUT2D eigenvalue weighted by Gasteiger charge is 2.38. The number of benzene rings is 1. The summed E-state index contributed by atoms with van der Waals surface area (Å²) in [6.07, 6.45) is 3.97. The molecule has 0 spiro atoms. The van der Waals surface area contributed by atoms with Gasteiger partial charge >= 0.3 is 0 Å². The van der Waals surface area contributed by atoms with Gasteiger partial charge in [0.2, 0.25) is 0 Å². The maximum atomic E-state index is 5.97. The van der Waals surface area contributed by atoms with Crippen molar-refractivity contribution in [3.8, 4) is 0 Å². The molecule has 0 radical (unpaired) electrons. The molecule has 0 atom stereocenters. The van der Waals surface area contributed by atoms with Crippen LogP contribution in [0.2, 0.25) is 5.02 Å². The Morgan fingerprint density at radius 1 is 1.35 bits per heavy atom. The van der Waals surface area contributed by atoms with Crippen molar-refractivity contribution in [2.24, 2.45) is 0 Å². The van der Waals surface area contributed by atoms with Crippen LogP contribution in [-0.4, -0.2) is 31.1 Å². The molecule has 0 amide bonds. The quantitative estimate of drug-likeness (QED) is 0.867. The third-order valence-electron chi connectivity index (χ3n) is 3.91. The van der Waals surface area contributed by atoms with E-state index in [0.717, 1.165) is 18.1 Å². The van der Waals surface area contributed by atoms with Crippen molar-refractivity contribution in [1.82, 2.24) is 10.2 Å². The Morgan fingerprint density at radius 3 is 2.65 bits per heavy atom. The standard InChI is InChI=1S/C14H21ClN2/c1-17(2)14(7-4-8-14)11-16-10-12-5-3-6-13(15)9-12/h3,5-6,9,16H,4,7-8,10-11H2,1-2H3. The van der Waals surface area contributed by atoms with E-state index in [-0.39, 0.29) is 0 Å². The van der Waals surface area contributed by atoms with Gasteiger partial charge < -0.3 is 10.2 Å². The van der Waals surface area contributed by atoms with Gasteiger partial charge in [0.1, 0.15) is 0 Å². The zero-order valence-electron chi connectivity index (χ0n) is 10.7. The Hall–Kier alpha value is -0.570. The highest BCUT2D eigenvalue weighted by molar-refractivity contribution is 6.30. The SMILES string of the molecule is CN(C)C1(CNCc2cccc(Cl)c2)CCC1. The van der Waals surface area contributed by atoms with Crippen LogP contribution in [0.1, 0.15) is 24.8 Å². The van der Waals surface area contributed by atoms with Gasteiger partial charge in [-0.25, -0.2) is 0 Å². The average molecular weight is 253 g/mol. The number of hydrogen-bond donors (Lipinski definition) is 1. The first-order chi connectivity index (χ1) is 8.12. The molecule has 0 heterocycles. The van der Waals surface area contributed by atoms with Gasteiger partial charge in [0, 0.05) is 23.7 Å². The highest BCUT2D eigenvalue weighted by atomic mass is 35.5. The van der Waals surface area contributed by atoms with Crippen molar-refractivity contribution >= 4 is 11.6 Å². The van der Waals surface area contributed by atoms with Crippen molar-refractivity contribution in [2.45, 2.75) is 31.3 Å². The molecule has 94 valence electrons. The van der Waals surface area contributed by atoms with Crippen molar-refractivity contribution in [3.05, 3.63) is 34.9 Å². The summed E-state index contributed by atoms with van der Waals surface area (Å²) < 4.78 is 0. The van der Waals surface area contributed by atoms with Gasteiger partial charge in [-0.2, -0.15) is 0 Å². The molecule has 1 aliphatic rings. The van der Waals surface area contributed by atoms with E-state index >= 15 is 0 Å². The first-order valence-corrected chi connectivity index (χ1v) is 6.63. The van der Waals surface area contributed by atoms with E-state index < -0.39 is 0 Å². The Kier molecular flexibility index (Phi) is 4.08. The number of rotatable bonds is 5. The minimum atomic E-state index is 0.387. The van der Waals surface area contributed by atoms with Gasteiger partial charge in [-0.3, -0.25) is 0 Å². The van der Waals surface area contributed by atoms with E-state index in [1.54, 1.807) is 0 Å². The third-order valence-corrected chi connectivity index (χ3v) is 4.14. The molecule has 1 N–H and O–H groups in total.